The number of nitrogens with zero attached hydrogens (tertiary/aromatic N) is 2. The first-order chi connectivity index (χ1) is 8.61. The van der Waals surface area contributed by atoms with Gasteiger partial charge >= 0.3 is 5.97 Å². The van der Waals surface area contributed by atoms with Crippen molar-refractivity contribution in [2.24, 2.45) is 0 Å². The Bertz CT molecular complexity index is 568. The molecule has 0 atom stereocenters. The lowest BCUT2D eigenvalue weighted by atomic mass is 10.3. The Labute approximate surface area is 106 Å². The van der Waals surface area contributed by atoms with E-state index in [1.54, 1.807) is 0 Å². The fraction of sp³-hybridized carbons (Fsp3) is 0.182. The molecule has 0 spiro atoms. The molecule has 0 aliphatic carbocycles. The predicted octanol–water partition coefficient (Wildman–Crippen LogP) is 2.19. The molecule has 0 bridgehead atoms. The first-order valence-electron chi connectivity index (χ1n) is 4.95. The topological polar surface area (TPSA) is 72.3 Å². The van der Waals surface area contributed by atoms with Gasteiger partial charge in [-0.05, 0) is 12.1 Å². The SMILES string of the molecule is COCc1nc(-c2ccc(F)cn2)sc1C(=O)O. The lowest BCUT2D eigenvalue weighted by Crippen LogP contribution is -1.99. The highest BCUT2D eigenvalue weighted by atomic mass is 32.1. The van der Waals surface area contributed by atoms with Gasteiger partial charge in [-0.1, -0.05) is 0 Å². The number of aromatic carboxylic acids is 1. The van der Waals surface area contributed by atoms with Crippen LogP contribution >= 0.6 is 11.3 Å². The van der Waals surface area contributed by atoms with Crippen molar-refractivity contribution >= 4 is 17.3 Å². The Kier molecular flexibility index (Phi) is 3.63. The minimum absolute atomic E-state index is 0.109. The van der Waals surface area contributed by atoms with Gasteiger partial charge in [-0.2, -0.15) is 0 Å². The molecule has 0 saturated heterocycles. The number of halogens is 1. The number of carboxylic acid groups (broad SMARTS) is 1. The highest BCUT2D eigenvalue weighted by molar-refractivity contribution is 7.17. The number of hydrogen-bond acceptors (Lipinski definition) is 5. The molecule has 0 amide bonds. The lowest BCUT2D eigenvalue weighted by molar-refractivity contribution is 0.0697. The average molecular weight is 268 g/mol. The normalized spacial score (nSPS) is 10.6. The molecule has 0 unspecified atom stereocenters. The predicted molar refractivity (Wildman–Crippen MR) is 63.0 cm³/mol. The third-order valence-electron chi connectivity index (χ3n) is 2.12. The minimum atomic E-state index is -1.06. The van der Waals surface area contributed by atoms with E-state index in [4.69, 9.17) is 9.84 Å². The van der Waals surface area contributed by atoms with Crippen LogP contribution in [-0.2, 0) is 11.3 Å². The van der Waals surface area contributed by atoms with Gasteiger partial charge in [0.15, 0.2) is 0 Å². The fourth-order valence-corrected chi connectivity index (χ4v) is 2.25. The highest BCUT2D eigenvalue weighted by Gasteiger charge is 2.18. The van der Waals surface area contributed by atoms with E-state index in [-0.39, 0.29) is 11.5 Å². The Morgan fingerprint density at radius 1 is 1.56 bits per heavy atom. The van der Waals surface area contributed by atoms with Crippen LogP contribution in [0.3, 0.4) is 0 Å². The third kappa shape index (κ3) is 2.52. The summed E-state index contributed by atoms with van der Waals surface area (Å²) in [6.45, 7) is 0.110. The maximum Gasteiger partial charge on any atom is 0.347 e. The molecule has 1 N–H and O–H groups in total. The van der Waals surface area contributed by atoms with Crippen LogP contribution in [0.5, 0.6) is 0 Å². The Morgan fingerprint density at radius 2 is 2.33 bits per heavy atom. The van der Waals surface area contributed by atoms with Crippen LogP contribution in [0.25, 0.3) is 10.7 Å². The molecule has 0 saturated carbocycles. The summed E-state index contributed by atoms with van der Waals surface area (Å²) in [6, 6.07) is 2.70. The summed E-state index contributed by atoms with van der Waals surface area (Å²) in [6.07, 6.45) is 1.06. The van der Waals surface area contributed by atoms with E-state index in [2.05, 4.69) is 9.97 Å². The number of pyridine rings is 1. The molecular weight excluding hydrogens is 259 g/mol. The number of hydrogen-bond donors (Lipinski definition) is 1. The van der Waals surface area contributed by atoms with Gasteiger partial charge in [-0.25, -0.2) is 14.2 Å². The van der Waals surface area contributed by atoms with Crippen molar-refractivity contribution in [3.63, 3.8) is 0 Å². The summed E-state index contributed by atoms with van der Waals surface area (Å²) < 4.78 is 17.6. The van der Waals surface area contributed by atoms with Crippen molar-refractivity contribution in [1.29, 1.82) is 0 Å². The average Bonchev–Trinajstić information content (AvgIpc) is 2.75. The van der Waals surface area contributed by atoms with Gasteiger partial charge in [0, 0.05) is 7.11 Å². The van der Waals surface area contributed by atoms with E-state index in [1.165, 1.54) is 19.2 Å². The van der Waals surface area contributed by atoms with Gasteiger partial charge in [0.2, 0.25) is 0 Å². The van der Waals surface area contributed by atoms with Crippen LogP contribution in [0.2, 0.25) is 0 Å². The van der Waals surface area contributed by atoms with Crippen molar-refractivity contribution in [1.82, 2.24) is 9.97 Å². The second-order valence-electron chi connectivity index (χ2n) is 3.39. The maximum absolute atomic E-state index is 12.7. The van der Waals surface area contributed by atoms with Crippen LogP contribution in [-0.4, -0.2) is 28.2 Å². The van der Waals surface area contributed by atoms with Crippen molar-refractivity contribution in [3.05, 3.63) is 34.7 Å². The number of thiazole rings is 1. The number of aromatic nitrogens is 2. The molecule has 2 heterocycles. The minimum Gasteiger partial charge on any atom is -0.477 e. The maximum atomic E-state index is 12.7. The molecule has 0 aliphatic rings. The summed E-state index contributed by atoms with van der Waals surface area (Å²) in [7, 11) is 1.46. The Morgan fingerprint density at radius 3 is 2.89 bits per heavy atom. The molecule has 0 aliphatic heterocycles. The monoisotopic (exact) mass is 268 g/mol. The van der Waals surface area contributed by atoms with Crippen LogP contribution in [0.1, 0.15) is 15.4 Å². The molecule has 5 nitrogen and oxygen atoms in total. The van der Waals surface area contributed by atoms with Crippen LogP contribution < -0.4 is 0 Å². The van der Waals surface area contributed by atoms with Gasteiger partial charge in [0.25, 0.3) is 0 Å². The highest BCUT2D eigenvalue weighted by Crippen LogP contribution is 2.27. The first-order valence-corrected chi connectivity index (χ1v) is 5.77. The largest absolute Gasteiger partial charge is 0.477 e. The van der Waals surface area contributed by atoms with Gasteiger partial charge in [-0.3, -0.25) is 4.98 Å². The van der Waals surface area contributed by atoms with Crippen molar-refractivity contribution in [3.8, 4) is 10.7 Å². The molecule has 18 heavy (non-hydrogen) atoms. The molecule has 2 rings (SSSR count). The zero-order chi connectivity index (χ0) is 13.1. The van der Waals surface area contributed by atoms with E-state index in [9.17, 15) is 9.18 Å². The lowest BCUT2D eigenvalue weighted by Gasteiger charge is -1.95. The quantitative estimate of drug-likeness (QED) is 0.920. The molecule has 7 heteroatoms. The van der Waals surface area contributed by atoms with E-state index in [1.807, 2.05) is 0 Å². The summed E-state index contributed by atoms with van der Waals surface area (Å²) in [5.74, 6) is -1.52. The smallest absolute Gasteiger partial charge is 0.347 e. The summed E-state index contributed by atoms with van der Waals surface area (Å²) in [5.41, 5.74) is 0.780. The van der Waals surface area contributed by atoms with Gasteiger partial charge in [-0.15, -0.1) is 11.3 Å². The Hall–Kier alpha value is -1.86. The first kappa shape index (κ1) is 12.6. The third-order valence-corrected chi connectivity index (χ3v) is 3.23. The van der Waals surface area contributed by atoms with Gasteiger partial charge < -0.3 is 9.84 Å². The Balaban J connectivity index is 2.42. The van der Waals surface area contributed by atoms with Crippen LogP contribution in [0.4, 0.5) is 4.39 Å². The van der Waals surface area contributed by atoms with E-state index in [0.29, 0.717) is 16.4 Å². The second kappa shape index (κ2) is 5.19. The van der Waals surface area contributed by atoms with Crippen molar-refractivity contribution in [2.45, 2.75) is 6.61 Å². The second-order valence-corrected chi connectivity index (χ2v) is 4.39. The zero-order valence-electron chi connectivity index (χ0n) is 9.38. The summed E-state index contributed by atoms with van der Waals surface area (Å²) in [5, 5.41) is 9.46. The van der Waals surface area contributed by atoms with Gasteiger partial charge in [0.05, 0.1) is 24.2 Å². The molecular formula is C11H9FN2O3S. The molecule has 94 valence electrons. The standard InChI is InChI=1S/C11H9FN2O3S/c1-17-5-8-9(11(15)16)18-10(14-8)7-3-2-6(12)4-13-7/h2-4H,5H2,1H3,(H,15,16). The van der Waals surface area contributed by atoms with E-state index >= 15 is 0 Å². The fourth-order valence-electron chi connectivity index (χ4n) is 1.37. The molecule has 2 aromatic heterocycles. The number of ether oxygens (including phenoxy) is 1. The zero-order valence-corrected chi connectivity index (χ0v) is 10.2. The summed E-state index contributed by atoms with van der Waals surface area (Å²) >= 11 is 0.991. The van der Waals surface area contributed by atoms with E-state index in [0.717, 1.165) is 17.5 Å². The van der Waals surface area contributed by atoms with E-state index < -0.39 is 11.8 Å². The number of carbonyl (C=O) groups is 1. The van der Waals surface area contributed by atoms with Crippen LogP contribution in [0.15, 0.2) is 18.3 Å². The number of rotatable bonds is 4. The van der Waals surface area contributed by atoms with Gasteiger partial charge in [0.1, 0.15) is 15.7 Å². The molecule has 0 fully saturated rings. The molecule has 0 aromatic carbocycles. The van der Waals surface area contributed by atoms with Crippen LogP contribution in [0, 0.1) is 5.82 Å². The van der Waals surface area contributed by atoms with Crippen molar-refractivity contribution in [2.75, 3.05) is 7.11 Å². The molecule has 2 aromatic rings. The number of methoxy groups -OCH3 is 1. The van der Waals surface area contributed by atoms with Crippen molar-refractivity contribution < 1.29 is 19.0 Å². The molecule has 0 radical (unpaired) electrons. The summed E-state index contributed by atoms with van der Waals surface area (Å²) in [4.78, 5) is 19.1. The number of carboxylic acids is 1.